The first-order valence-electron chi connectivity index (χ1n) is 11.6. The summed E-state index contributed by atoms with van der Waals surface area (Å²) in [5.74, 6) is 1.00. The molecular weight excluding hydrogens is 410 g/mol. The molecule has 6 nitrogen and oxygen atoms in total. The minimum Gasteiger partial charge on any atom is -0.356 e. The first-order valence-corrected chi connectivity index (χ1v) is 11.6. The van der Waals surface area contributed by atoms with Gasteiger partial charge < -0.3 is 9.88 Å². The van der Waals surface area contributed by atoms with Crippen molar-refractivity contribution in [1.82, 2.24) is 24.8 Å². The predicted octanol–water partition coefficient (Wildman–Crippen LogP) is 4.96. The molecule has 5 rings (SSSR count). The molecule has 0 bridgehead atoms. The van der Waals surface area contributed by atoms with Crippen LogP contribution in [-0.2, 0) is 12.8 Å². The van der Waals surface area contributed by atoms with E-state index in [-0.39, 0.29) is 11.9 Å². The molecule has 6 heteroatoms. The molecule has 1 aliphatic heterocycles. The van der Waals surface area contributed by atoms with Gasteiger partial charge in [0, 0.05) is 34.5 Å². The maximum absolute atomic E-state index is 13.9. The summed E-state index contributed by atoms with van der Waals surface area (Å²) >= 11 is 0. The molecule has 4 aromatic rings. The standard InChI is InChI=1S/C27H29N5O/c1-16(2)14-19-15-24(30-18(4)29-19)27(33)32-13-12-21-20-9-5-6-10-22(20)31-25(21)26(32)23-11-7-8-17(3)28-23/h5-11,15-16,26,31H,12-14H2,1-4H3/t26-/m0/s1. The third kappa shape index (κ3) is 4.01. The van der Waals surface area contributed by atoms with Crippen molar-refractivity contribution in [2.24, 2.45) is 5.92 Å². The fourth-order valence-electron chi connectivity index (χ4n) is 4.89. The minimum absolute atomic E-state index is 0.0804. The van der Waals surface area contributed by atoms with Crippen LogP contribution in [0.4, 0.5) is 0 Å². The lowest BCUT2D eigenvalue weighted by Crippen LogP contribution is -2.41. The molecule has 0 fully saturated rings. The second-order valence-corrected chi connectivity index (χ2v) is 9.31. The molecule has 33 heavy (non-hydrogen) atoms. The van der Waals surface area contributed by atoms with Gasteiger partial charge in [0.25, 0.3) is 5.91 Å². The molecule has 4 heterocycles. The Morgan fingerprint density at radius 1 is 1.09 bits per heavy atom. The molecule has 1 N–H and O–H groups in total. The van der Waals surface area contributed by atoms with Crippen LogP contribution in [0.1, 0.15) is 64.5 Å². The summed E-state index contributed by atoms with van der Waals surface area (Å²) in [6, 6.07) is 15.9. The van der Waals surface area contributed by atoms with Crippen LogP contribution in [0.3, 0.4) is 0 Å². The van der Waals surface area contributed by atoms with Gasteiger partial charge in [-0.05, 0) is 62.4 Å². The molecule has 0 spiro atoms. The fourth-order valence-corrected chi connectivity index (χ4v) is 4.89. The number of hydrogen-bond donors (Lipinski definition) is 1. The van der Waals surface area contributed by atoms with E-state index in [2.05, 4.69) is 47.0 Å². The average Bonchev–Trinajstić information content (AvgIpc) is 3.15. The highest BCUT2D eigenvalue weighted by Gasteiger charge is 2.36. The van der Waals surface area contributed by atoms with Crippen molar-refractivity contribution in [1.29, 1.82) is 0 Å². The zero-order valence-electron chi connectivity index (χ0n) is 19.6. The Morgan fingerprint density at radius 3 is 2.70 bits per heavy atom. The summed E-state index contributed by atoms with van der Waals surface area (Å²) in [7, 11) is 0. The Hall–Kier alpha value is -3.54. The first-order chi connectivity index (χ1) is 15.9. The molecule has 3 aromatic heterocycles. The van der Waals surface area contributed by atoms with Gasteiger partial charge in [-0.1, -0.05) is 38.1 Å². The third-order valence-corrected chi connectivity index (χ3v) is 6.21. The first kappa shape index (κ1) is 21.3. The molecule has 1 aromatic carbocycles. The highest BCUT2D eigenvalue weighted by Crippen LogP contribution is 2.38. The Balaban J connectivity index is 1.62. The molecular formula is C27H29N5O. The lowest BCUT2D eigenvalue weighted by Gasteiger charge is -2.35. The number of aryl methyl sites for hydroxylation is 2. The number of aromatic nitrogens is 4. The maximum atomic E-state index is 13.9. The van der Waals surface area contributed by atoms with Crippen molar-refractivity contribution in [2.45, 2.75) is 46.6 Å². The highest BCUT2D eigenvalue weighted by atomic mass is 16.2. The van der Waals surface area contributed by atoms with Gasteiger partial charge >= 0.3 is 0 Å². The quantitative estimate of drug-likeness (QED) is 0.488. The Morgan fingerprint density at radius 2 is 1.91 bits per heavy atom. The number of benzene rings is 1. The van der Waals surface area contributed by atoms with Crippen LogP contribution in [0, 0.1) is 19.8 Å². The number of nitrogens with one attached hydrogen (secondary N) is 1. The summed E-state index contributed by atoms with van der Waals surface area (Å²) in [4.78, 5) is 33.3. The van der Waals surface area contributed by atoms with Gasteiger partial charge in [0.05, 0.1) is 5.69 Å². The van der Waals surface area contributed by atoms with E-state index in [1.54, 1.807) is 0 Å². The minimum atomic E-state index is -0.294. The number of para-hydroxylation sites is 1. The van der Waals surface area contributed by atoms with Crippen molar-refractivity contribution in [3.63, 3.8) is 0 Å². The lowest BCUT2D eigenvalue weighted by atomic mass is 9.94. The van der Waals surface area contributed by atoms with E-state index in [9.17, 15) is 4.79 Å². The summed E-state index contributed by atoms with van der Waals surface area (Å²) in [5.41, 5.74) is 6.56. The van der Waals surface area contributed by atoms with Crippen LogP contribution in [0.15, 0.2) is 48.5 Å². The van der Waals surface area contributed by atoms with E-state index < -0.39 is 0 Å². The molecule has 1 atom stereocenters. The predicted molar refractivity (Wildman–Crippen MR) is 129 cm³/mol. The molecule has 168 valence electrons. The summed E-state index contributed by atoms with van der Waals surface area (Å²) in [6.07, 6.45) is 1.61. The number of amides is 1. The summed E-state index contributed by atoms with van der Waals surface area (Å²) < 4.78 is 0. The lowest BCUT2D eigenvalue weighted by molar-refractivity contribution is 0.0681. The molecule has 0 saturated heterocycles. The van der Waals surface area contributed by atoms with Gasteiger partial charge in [-0.15, -0.1) is 0 Å². The molecule has 0 radical (unpaired) electrons. The third-order valence-electron chi connectivity index (χ3n) is 6.21. The van der Waals surface area contributed by atoms with Crippen molar-refractivity contribution >= 4 is 16.8 Å². The van der Waals surface area contributed by atoms with Crippen LogP contribution in [0.2, 0.25) is 0 Å². The van der Waals surface area contributed by atoms with E-state index in [4.69, 9.17) is 4.98 Å². The number of pyridine rings is 1. The van der Waals surface area contributed by atoms with E-state index >= 15 is 0 Å². The number of carbonyl (C=O) groups excluding carboxylic acids is 1. The topological polar surface area (TPSA) is 74.8 Å². The maximum Gasteiger partial charge on any atom is 0.273 e. The van der Waals surface area contributed by atoms with Crippen LogP contribution < -0.4 is 0 Å². The highest BCUT2D eigenvalue weighted by molar-refractivity contribution is 5.94. The van der Waals surface area contributed by atoms with Gasteiger partial charge in [-0.3, -0.25) is 9.78 Å². The van der Waals surface area contributed by atoms with Crippen molar-refractivity contribution in [3.8, 4) is 0 Å². The SMILES string of the molecule is Cc1cccc([C@H]2c3[nH]c4ccccc4c3CCN2C(=O)c2cc(CC(C)C)nc(C)n2)n1. The number of aromatic amines is 1. The number of carbonyl (C=O) groups is 1. The molecule has 0 unspecified atom stereocenters. The van der Waals surface area contributed by atoms with E-state index in [1.165, 1.54) is 10.9 Å². The second-order valence-electron chi connectivity index (χ2n) is 9.31. The molecule has 0 saturated carbocycles. The van der Waals surface area contributed by atoms with E-state index in [0.717, 1.165) is 41.1 Å². The summed E-state index contributed by atoms with van der Waals surface area (Å²) in [6.45, 7) is 8.75. The van der Waals surface area contributed by atoms with Gasteiger partial charge in [0.1, 0.15) is 17.6 Å². The number of fused-ring (bicyclic) bond motifs is 3. The Labute approximate surface area is 194 Å². The van der Waals surface area contributed by atoms with E-state index in [1.807, 2.05) is 49.1 Å². The number of hydrogen-bond acceptors (Lipinski definition) is 4. The van der Waals surface area contributed by atoms with Crippen LogP contribution >= 0.6 is 0 Å². The molecule has 1 aliphatic rings. The fraction of sp³-hybridized carbons (Fsp3) is 0.333. The normalized spacial score (nSPS) is 15.8. The van der Waals surface area contributed by atoms with Crippen molar-refractivity contribution < 1.29 is 4.79 Å². The smallest absolute Gasteiger partial charge is 0.273 e. The van der Waals surface area contributed by atoms with Gasteiger partial charge in [0.15, 0.2) is 0 Å². The molecule has 1 amide bonds. The second kappa shape index (κ2) is 8.43. The van der Waals surface area contributed by atoms with Crippen molar-refractivity contribution in [2.75, 3.05) is 6.54 Å². The largest absolute Gasteiger partial charge is 0.356 e. The monoisotopic (exact) mass is 439 g/mol. The van der Waals surface area contributed by atoms with Gasteiger partial charge in [-0.25, -0.2) is 9.97 Å². The zero-order valence-corrected chi connectivity index (χ0v) is 19.6. The van der Waals surface area contributed by atoms with Gasteiger partial charge in [-0.2, -0.15) is 0 Å². The number of nitrogens with zero attached hydrogens (tertiary/aromatic N) is 4. The summed E-state index contributed by atoms with van der Waals surface area (Å²) in [5, 5.41) is 1.22. The zero-order chi connectivity index (χ0) is 23.1. The molecule has 0 aliphatic carbocycles. The van der Waals surface area contributed by atoms with Crippen LogP contribution in [0.5, 0.6) is 0 Å². The Kier molecular flexibility index (Phi) is 5.44. The Bertz CT molecular complexity index is 1340. The van der Waals surface area contributed by atoms with E-state index in [0.29, 0.717) is 24.0 Å². The number of H-pyrrole nitrogens is 1. The number of rotatable bonds is 4. The van der Waals surface area contributed by atoms with Crippen LogP contribution in [0.25, 0.3) is 10.9 Å². The van der Waals surface area contributed by atoms with Crippen molar-refractivity contribution in [3.05, 3.63) is 88.4 Å². The van der Waals surface area contributed by atoms with Crippen LogP contribution in [-0.4, -0.2) is 37.3 Å². The average molecular weight is 440 g/mol. The van der Waals surface area contributed by atoms with Gasteiger partial charge in [0.2, 0.25) is 0 Å².